The smallest absolute Gasteiger partial charge is 0.251 e. The van der Waals surface area contributed by atoms with Crippen LogP contribution in [0.25, 0.3) is 0 Å². The molecule has 1 unspecified atom stereocenters. The number of amides is 2. The molecule has 158 valence electrons. The van der Waals surface area contributed by atoms with Gasteiger partial charge >= 0.3 is 0 Å². The van der Waals surface area contributed by atoms with E-state index in [2.05, 4.69) is 11.4 Å². The molecule has 1 heterocycles. The van der Waals surface area contributed by atoms with Gasteiger partial charge in [0.15, 0.2) is 0 Å². The van der Waals surface area contributed by atoms with Crippen LogP contribution in [-0.4, -0.2) is 22.5 Å². The number of benzene rings is 3. The molecule has 6 heteroatoms. The quantitative estimate of drug-likeness (QED) is 0.550. The van der Waals surface area contributed by atoms with Gasteiger partial charge in [-0.05, 0) is 47.9 Å². The van der Waals surface area contributed by atoms with Gasteiger partial charge in [-0.15, -0.1) is 11.8 Å². The Balaban J connectivity index is 1.42. The van der Waals surface area contributed by atoms with E-state index in [0.717, 1.165) is 16.7 Å². The summed E-state index contributed by atoms with van der Waals surface area (Å²) in [6.07, 6.45) is 0. The van der Waals surface area contributed by atoms with Crippen molar-refractivity contribution in [3.05, 3.63) is 106 Å². The molecule has 31 heavy (non-hydrogen) atoms. The van der Waals surface area contributed by atoms with E-state index in [9.17, 15) is 9.59 Å². The first-order chi connectivity index (χ1) is 15.0. The van der Waals surface area contributed by atoms with Crippen molar-refractivity contribution in [2.75, 3.05) is 5.75 Å². The number of rotatable bonds is 6. The molecule has 0 aromatic heterocycles. The summed E-state index contributed by atoms with van der Waals surface area (Å²) >= 11 is 7.58. The topological polar surface area (TPSA) is 49.4 Å². The summed E-state index contributed by atoms with van der Waals surface area (Å²) in [5.41, 5.74) is 4.90. The molecule has 4 rings (SSSR count). The van der Waals surface area contributed by atoms with E-state index in [1.165, 1.54) is 5.56 Å². The summed E-state index contributed by atoms with van der Waals surface area (Å²) in [6, 6.07) is 23.2. The van der Waals surface area contributed by atoms with Gasteiger partial charge in [-0.1, -0.05) is 65.7 Å². The van der Waals surface area contributed by atoms with Crippen LogP contribution in [-0.2, 0) is 17.9 Å². The Kier molecular flexibility index (Phi) is 6.64. The highest BCUT2D eigenvalue weighted by atomic mass is 35.5. The van der Waals surface area contributed by atoms with Crippen molar-refractivity contribution in [2.45, 2.75) is 25.4 Å². The Bertz CT molecular complexity index is 1080. The molecule has 0 saturated carbocycles. The largest absolute Gasteiger partial charge is 0.348 e. The fourth-order valence-corrected chi connectivity index (χ4v) is 4.91. The van der Waals surface area contributed by atoms with E-state index in [4.69, 9.17) is 11.6 Å². The number of halogens is 1. The minimum absolute atomic E-state index is 0.0624. The standard InChI is InChI=1S/C25H23ClN2O2S/c1-17-3-2-4-19(13-17)14-27-24(30)20-7-9-21(10-8-20)25-28(23(29)16-31-25)15-18-5-11-22(26)12-6-18/h2-13,25H,14-16H2,1H3,(H,27,30). The third kappa shape index (κ3) is 5.30. The van der Waals surface area contributed by atoms with Crippen LogP contribution in [0.15, 0.2) is 72.8 Å². The minimum Gasteiger partial charge on any atom is -0.348 e. The summed E-state index contributed by atoms with van der Waals surface area (Å²) in [7, 11) is 0. The van der Waals surface area contributed by atoms with Crippen molar-refractivity contribution in [1.29, 1.82) is 0 Å². The second-order valence-electron chi connectivity index (χ2n) is 7.61. The van der Waals surface area contributed by atoms with E-state index in [0.29, 0.717) is 29.4 Å². The van der Waals surface area contributed by atoms with Crippen molar-refractivity contribution < 1.29 is 9.59 Å². The molecular weight excluding hydrogens is 428 g/mol. The van der Waals surface area contributed by atoms with Gasteiger partial charge in [0.05, 0.1) is 5.75 Å². The average molecular weight is 451 g/mol. The third-order valence-corrected chi connectivity index (χ3v) is 6.74. The van der Waals surface area contributed by atoms with Crippen LogP contribution in [0, 0.1) is 6.92 Å². The Morgan fingerprint density at radius 1 is 1.06 bits per heavy atom. The molecule has 1 aliphatic heterocycles. The van der Waals surface area contributed by atoms with Crippen LogP contribution < -0.4 is 5.32 Å². The Labute approximate surface area is 191 Å². The maximum Gasteiger partial charge on any atom is 0.251 e. The second-order valence-corrected chi connectivity index (χ2v) is 9.11. The number of nitrogens with one attached hydrogen (secondary N) is 1. The Morgan fingerprint density at radius 3 is 2.52 bits per heavy atom. The zero-order valence-corrected chi connectivity index (χ0v) is 18.7. The van der Waals surface area contributed by atoms with E-state index >= 15 is 0 Å². The first-order valence-corrected chi connectivity index (χ1v) is 11.5. The van der Waals surface area contributed by atoms with Gasteiger partial charge in [-0.2, -0.15) is 0 Å². The summed E-state index contributed by atoms with van der Waals surface area (Å²) in [6.45, 7) is 3.06. The average Bonchev–Trinajstić information content (AvgIpc) is 3.14. The molecule has 0 spiro atoms. The van der Waals surface area contributed by atoms with Crippen LogP contribution in [0.4, 0.5) is 0 Å². The van der Waals surface area contributed by atoms with Crippen LogP contribution in [0.3, 0.4) is 0 Å². The first-order valence-electron chi connectivity index (χ1n) is 10.1. The predicted molar refractivity (Wildman–Crippen MR) is 126 cm³/mol. The predicted octanol–water partition coefficient (Wildman–Crippen LogP) is 5.35. The summed E-state index contributed by atoms with van der Waals surface area (Å²) in [4.78, 5) is 26.9. The molecule has 0 aliphatic carbocycles. The molecule has 1 atom stereocenters. The van der Waals surface area contributed by atoms with Crippen molar-refractivity contribution in [2.24, 2.45) is 0 Å². The van der Waals surface area contributed by atoms with Crippen molar-refractivity contribution in [3.8, 4) is 0 Å². The van der Waals surface area contributed by atoms with E-state index in [1.54, 1.807) is 11.8 Å². The fourth-order valence-electron chi connectivity index (χ4n) is 3.59. The molecule has 0 bridgehead atoms. The second kappa shape index (κ2) is 9.58. The highest BCUT2D eigenvalue weighted by molar-refractivity contribution is 8.00. The fraction of sp³-hybridized carbons (Fsp3) is 0.200. The van der Waals surface area contributed by atoms with Gasteiger partial charge in [0.2, 0.25) is 5.91 Å². The lowest BCUT2D eigenvalue weighted by Gasteiger charge is -2.24. The minimum atomic E-state index is -0.110. The summed E-state index contributed by atoms with van der Waals surface area (Å²) in [5, 5.41) is 3.58. The number of hydrogen-bond donors (Lipinski definition) is 1. The van der Waals surface area contributed by atoms with E-state index < -0.39 is 0 Å². The van der Waals surface area contributed by atoms with Crippen molar-refractivity contribution in [3.63, 3.8) is 0 Å². The molecule has 1 saturated heterocycles. The SMILES string of the molecule is Cc1cccc(CNC(=O)c2ccc(C3SCC(=O)N3Cc3ccc(Cl)cc3)cc2)c1. The molecule has 3 aromatic carbocycles. The van der Waals surface area contributed by atoms with Gasteiger partial charge in [-0.25, -0.2) is 0 Å². The molecule has 1 N–H and O–H groups in total. The van der Waals surface area contributed by atoms with Crippen LogP contribution in [0.2, 0.25) is 5.02 Å². The highest BCUT2D eigenvalue weighted by Crippen LogP contribution is 2.39. The van der Waals surface area contributed by atoms with Gasteiger partial charge < -0.3 is 10.2 Å². The Hall–Kier alpha value is -2.76. The summed E-state index contributed by atoms with van der Waals surface area (Å²) in [5.74, 6) is 0.461. The molecule has 0 radical (unpaired) electrons. The van der Waals surface area contributed by atoms with Crippen molar-refractivity contribution in [1.82, 2.24) is 10.2 Å². The maximum absolute atomic E-state index is 12.5. The van der Waals surface area contributed by atoms with Crippen LogP contribution in [0.5, 0.6) is 0 Å². The lowest BCUT2D eigenvalue weighted by Crippen LogP contribution is -2.27. The number of nitrogens with zero attached hydrogens (tertiary/aromatic N) is 1. The zero-order chi connectivity index (χ0) is 21.8. The van der Waals surface area contributed by atoms with Crippen LogP contribution in [0.1, 0.15) is 38.0 Å². The zero-order valence-electron chi connectivity index (χ0n) is 17.2. The molecule has 1 aliphatic rings. The van der Waals surface area contributed by atoms with E-state index in [1.807, 2.05) is 78.6 Å². The van der Waals surface area contributed by atoms with Crippen molar-refractivity contribution >= 4 is 35.2 Å². The summed E-state index contributed by atoms with van der Waals surface area (Å²) < 4.78 is 0. The molecule has 1 fully saturated rings. The molecule has 2 amide bonds. The first kappa shape index (κ1) is 21.5. The van der Waals surface area contributed by atoms with E-state index in [-0.39, 0.29) is 17.2 Å². The van der Waals surface area contributed by atoms with Gasteiger partial charge in [0.1, 0.15) is 5.37 Å². The lowest BCUT2D eigenvalue weighted by atomic mass is 10.1. The molecule has 4 nitrogen and oxygen atoms in total. The molecule has 3 aromatic rings. The number of carbonyl (C=O) groups is 2. The number of hydrogen-bond acceptors (Lipinski definition) is 3. The molecular formula is C25H23ClN2O2S. The third-order valence-electron chi connectivity index (χ3n) is 5.23. The number of carbonyl (C=O) groups excluding carboxylic acids is 2. The highest BCUT2D eigenvalue weighted by Gasteiger charge is 2.32. The maximum atomic E-state index is 12.5. The Morgan fingerprint density at radius 2 is 1.81 bits per heavy atom. The monoisotopic (exact) mass is 450 g/mol. The van der Waals surface area contributed by atoms with Gasteiger partial charge in [-0.3, -0.25) is 9.59 Å². The normalized spacial score (nSPS) is 15.9. The lowest BCUT2D eigenvalue weighted by molar-refractivity contribution is -0.128. The van der Waals surface area contributed by atoms with Gasteiger partial charge in [0, 0.05) is 23.7 Å². The van der Waals surface area contributed by atoms with Crippen LogP contribution >= 0.6 is 23.4 Å². The number of aryl methyl sites for hydroxylation is 1. The number of thioether (sulfide) groups is 1. The van der Waals surface area contributed by atoms with Gasteiger partial charge in [0.25, 0.3) is 5.91 Å².